The van der Waals surface area contributed by atoms with E-state index in [1.54, 1.807) is 6.08 Å². The summed E-state index contributed by atoms with van der Waals surface area (Å²) < 4.78 is 6.23. The predicted octanol–water partition coefficient (Wildman–Crippen LogP) is 4.81. The van der Waals surface area contributed by atoms with E-state index in [0.717, 1.165) is 12.8 Å². The summed E-state index contributed by atoms with van der Waals surface area (Å²) in [6.07, 6.45) is 10.9. The van der Waals surface area contributed by atoms with Crippen LogP contribution in [0.2, 0.25) is 0 Å². The van der Waals surface area contributed by atoms with Crippen LogP contribution in [0.3, 0.4) is 0 Å². The van der Waals surface area contributed by atoms with E-state index in [-0.39, 0.29) is 42.7 Å². The number of aliphatic carboxylic acids is 1. The highest BCUT2D eigenvalue weighted by Crippen LogP contribution is 2.45. The molecule has 6 unspecified atom stereocenters. The molecule has 2 rings (SSSR count). The minimum absolute atomic E-state index is 0.0477. The van der Waals surface area contributed by atoms with Crippen LogP contribution in [0.5, 0.6) is 0 Å². The van der Waals surface area contributed by atoms with Gasteiger partial charge in [-0.05, 0) is 68.8 Å². The minimum atomic E-state index is -1.07. The van der Waals surface area contributed by atoms with Crippen molar-refractivity contribution in [3.63, 3.8) is 0 Å². The van der Waals surface area contributed by atoms with Gasteiger partial charge >= 0.3 is 11.9 Å². The van der Waals surface area contributed by atoms with Crippen LogP contribution < -0.4 is 0 Å². The largest absolute Gasteiger partial charge is 0.481 e. The van der Waals surface area contributed by atoms with Crippen molar-refractivity contribution < 1.29 is 29.6 Å². The summed E-state index contributed by atoms with van der Waals surface area (Å²) in [5.41, 5.74) is 0.662. The molecule has 6 nitrogen and oxygen atoms in total. The molecule has 6 heteroatoms. The molecule has 33 heavy (non-hydrogen) atoms. The Balaban J connectivity index is 2.13. The van der Waals surface area contributed by atoms with E-state index in [1.807, 2.05) is 13.8 Å². The number of ether oxygens (including phenoxy) is 1. The molecule has 0 spiro atoms. The normalized spacial score (nSPS) is 26.6. The predicted molar refractivity (Wildman–Crippen MR) is 128 cm³/mol. The van der Waals surface area contributed by atoms with E-state index in [4.69, 9.17) is 9.84 Å². The minimum Gasteiger partial charge on any atom is -0.481 e. The quantitative estimate of drug-likeness (QED) is 0.268. The van der Waals surface area contributed by atoms with Crippen LogP contribution in [-0.4, -0.2) is 45.6 Å². The van der Waals surface area contributed by atoms with E-state index in [9.17, 15) is 19.8 Å². The van der Waals surface area contributed by atoms with Crippen LogP contribution in [-0.2, 0) is 14.3 Å². The van der Waals surface area contributed by atoms with Crippen molar-refractivity contribution in [2.45, 2.75) is 96.9 Å². The van der Waals surface area contributed by atoms with E-state index in [2.05, 4.69) is 31.7 Å². The molecule has 0 aromatic heterocycles. The first kappa shape index (κ1) is 27.3. The van der Waals surface area contributed by atoms with Gasteiger partial charge in [-0.3, -0.25) is 9.59 Å². The second-order valence-electron chi connectivity index (χ2n) is 9.83. The molecule has 0 aromatic carbocycles. The van der Waals surface area contributed by atoms with Crippen molar-refractivity contribution >= 4 is 11.9 Å². The van der Waals surface area contributed by atoms with Gasteiger partial charge in [-0.2, -0.15) is 0 Å². The topological polar surface area (TPSA) is 104 Å². The first-order valence-electron chi connectivity index (χ1n) is 12.5. The fraction of sp³-hybridized carbons (Fsp3) is 0.704. The van der Waals surface area contributed by atoms with Gasteiger partial charge in [-0.15, -0.1) is 6.58 Å². The highest BCUT2D eigenvalue weighted by atomic mass is 16.5. The summed E-state index contributed by atoms with van der Waals surface area (Å²) in [7, 11) is 0. The van der Waals surface area contributed by atoms with Crippen molar-refractivity contribution in [3.05, 3.63) is 36.5 Å². The molecule has 2 aliphatic rings. The van der Waals surface area contributed by atoms with Crippen molar-refractivity contribution in [2.75, 3.05) is 0 Å². The van der Waals surface area contributed by atoms with Crippen LogP contribution in [0.15, 0.2) is 36.5 Å². The molecule has 0 radical (unpaired) electrons. The number of allylic oxidation sites excluding steroid dienone is 4. The zero-order valence-corrected chi connectivity index (χ0v) is 20.4. The van der Waals surface area contributed by atoms with Crippen molar-refractivity contribution in [1.29, 1.82) is 0 Å². The van der Waals surface area contributed by atoms with E-state index < -0.39 is 23.6 Å². The van der Waals surface area contributed by atoms with Crippen LogP contribution in [0.4, 0.5) is 0 Å². The summed E-state index contributed by atoms with van der Waals surface area (Å²) >= 11 is 0. The maximum atomic E-state index is 13.3. The van der Waals surface area contributed by atoms with Gasteiger partial charge < -0.3 is 20.1 Å². The van der Waals surface area contributed by atoms with Gasteiger partial charge in [0.15, 0.2) is 0 Å². The number of fused-ring (bicyclic) bond motifs is 1. The highest BCUT2D eigenvalue weighted by molar-refractivity contribution is 5.77. The molecule has 0 saturated heterocycles. The maximum Gasteiger partial charge on any atom is 0.312 e. The lowest BCUT2D eigenvalue weighted by atomic mass is 9.66. The molecular formula is C27H42O6. The van der Waals surface area contributed by atoms with Gasteiger partial charge in [0.25, 0.3) is 0 Å². The third kappa shape index (κ3) is 7.03. The van der Waals surface area contributed by atoms with Crippen LogP contribution >= 0.6 is 0 Å². The number of carboxylic acids is 1. The number of carbonyl (C=O) groups is 2. The van der Waals surface area contributed by atoms with Crippen LogP contribution in [0.1, 0.15) is 78.6 Å². The maximum absolute atomic E-state index is 13.3. The van der Waals surface area contributed by atoms with Gasteiger partial charge in [-0.1, -0.05) is 45.1 Å². The third-order valence-electron chi connectivity index (χ3n) is 7.71. The van der Waals surface area contributed by atoms with Gasteiger partial charge in [0, 0.05) is 5.92 Å². The van der Waals surface area contributed by atoms with Gasteiger partial charge in [0.2, 0.25) is 0 Å². The monoisotopic (exact) mass is 462 g/mol. The van der Waals surface area contributed by atoms with E-state index >= 15 is 0 Å². The van der Waals surface area contributed by atoms with Gasteiger partial charge in [0.1, 0.15) is 6.10 Å². The Bertz CT molecular complexity index is 735. The lowest BCUT2D eigenvalue weighted by molar-refractivity contribution is -0.166. The van der Waals surface area contributed by atoms with Crippen LogP contribution in [0, 0.1) is 23.2 Å². The SMILES string of the molecule is C=CCC(CC)(CC)C(=O)OC1CCC=C2C=CC(C)C(CCC(O)CC(O)CC(=O)O)C21. The summed E-state index contributed by atoms with van der Waals surface area (Å²) in [5.74, 6) is -0.681. The molecule has 0 fully saturated rings. The van der Waals surface area contributed by atoms with Gasteiger partial charge in [0.05, 0.1) is 24.0 Å². The number of aliphatic hydroxyl groups is 2. The number of carboxylic acid groups (broad SMARTS) is 1. The summed E-state index contributed by atoms with van der Waals surface area (Å²) in [4.78, 5) is 24.1. The molecule has 3 N–H and O–H groups in total. The summed E-state index contributed by atoms with van der Waals surface area (Å²) in [6, 6.07) is 0. The fourth-order valence-corrected chi connectivity index (χ4v) is 5.51. The standard InChI is InChI=1S/C27H42O6/c1-5-15-27(6-2,7-3)26(32)33-23-10-8-9-19-12-11-18(4)22(25(19)23)14-13-20(28)16-21(29)17-24(30)31/h5,9,11-12,18,20-23,25,28-29H,1,6-8,10,13-17H2,2-4H3,(H,30,31). The third-order valence-corrected chi connectivity index (χ3v) is 7.71. The first-order valence-corrected chi connectivity index (χ1v) is 12.5. The second kappa shape index (κ2) is 12.5. The molecule has 0 saturated carbocycles. The lowest BCUT2D eigenvalue weighted by Gasteiger charge is -2.43. The van der Waals surface area contributed by atoms with Crippen molar-refractivity contribution in [2.24, 2.45) is 23.2 Å². The number of rotatable bonds is 13. The van der Waals surface area contributed by atoms with Gasteiger partial charge in [-0.25, -0.2) is 0 Å². The average Bonchev–Trinajstić information content (AvgIpc) is 2.76. The lowest BCUT2D eigenvalue weighted by Crippen LogP contribution is -2.42. The zero-order valence-electron chi connectivity index (χ0n) is 20.4. The van der Waals surface area contributed by atoms with Crippen molar-refractivity contribution in [1.82, 2.24) is 0 Å². The molecule has 0 bridgehead atoms. The molecular weight excluding hydrogens is 420 g/mol. The molecule has 2 aliphatic carbocycles. The Morgan fingerprint density at radius 3 is 2.58 bits per heavy atom. The first-order chi connectivity index (χ1) is 15.7. The molecule has 0 aromatic rings. The summed E-state index contributed by atoms with van der Waals surface area (Å²) in [5, 5.41) is 29.1. The molecule has 186 valence electrons. The number of hydrogen-bond donors (Lipinski definition) is 3. The number of carbonyl (C=O) groups excluding carboxylic acids is 1. The Labute approximate surface area is 198 Å². The molecule has 0 amide bonds. The average molecular weight is 463 g/mol. The Morgan fingerprint density at radius 2 is 1.97 bits per heavy atom. The Kier molecular flexibility index (Phi) is 10.4. The highest BCUT2D eigenvalue weighted by Gasteiger charge is 2.43. The Hall–Kier alpha value is -1.92. The van der Waals surface area contributed by atoms with Crippen LogP contribution in [0.25, 0.3) is 0 Å². The smallest absolute Gasteiger partial charge is 0.312 e. The van der Waals surface area contributed by atoms with E-state index in [0.29, 0.717) is 32.1 Å². The number of esters is 1. The fourth-order valence-electron chi connectivity index (χ4n) is 5.51. The second-order valence-corrected chi connectivity index (χ2v) is 9.83. The number of aliphatic hydroxyl groups excluding tert-OH is 2. The Morgan fingerprint density at radius 1 is 1.27 bits per heavy atom. The number of hydrogen-bond acceptors (Lipinski definition) is 5. The molecule has 0 heterocycles. The van der Waals surface area contributed by atoms with E-state index in [1.165, 1.54) is 5.57 Å². The summed E-state index contributed by atoms with van der Waals surface area (Å²) in [6.45, 7) is 10.0. The molecule has 0 aliphatic heterocycles. The zero-order chi connectivity index (χ0) is 24.6. The van der Waals surface area contributed by atoms with Crippen molar-refractivity contribution in [3.8, 4) is 0 Å². The molecule has 6 atom stereocenters.